The zero-order chi connectivity index (χ0) is 42.8. The molecule has 0 aliphatic carbocycles. The van der Waals surface area contributed by atoms with Crippen LogP contribution in [0.15, 0.2) is 24.3 Å². The van der Waals surface area contributed by atoms with Gasteiger partial charge in [-0.3, -0.25) is 28.1 Å². The fraction of sp³-hybridized carbons (Fsp3) is 0.655. The van der Waals surface area contributed by atoms with Gasteiger partial charge in [0, 0.05) is 36.3 Å². The minimum Gasteiger partial charge on any atom is -0.790 e. The van der Waals surface area contributed by atoms with Gasteiger partial charge < -0.3 is 69.0 Å². The van der Waals surface area contributed by atoms with E-state index in [2.05, 4.69) is 43.5 Å². The average Bonchev–Trinajstić information content (AvgIpc) is 3.68. The first kappa shape index (κ1) is 48.7. The molecule has 3 rings (SSSR count). The number of fused-ring (bicyclic) bond motifs is 1. The van der Waals surface area contributed by atoms with E-state index in [1.807, 2.05) is 19.9 Å². The quantitative estimate of drug-likeness (QED) is 0.0470. The second-order valence-electron chi connectivity index (χ2n) is 13.0. The van der Waals surface area contributed by atoms with Crippen LogP contribution in [0.5, 0.6) is 0 Å². The highest BCUT2D eigenvalue weighted by Crippen LogP contribution is 2.56. The molecule has 7 atom stereocenters. The van der Waals surface area contributed by atoms with Crippen LogP contribution in [0.25, 0.3) is 11.2 Å². The molecule has 1 aliphatic rings. The van der Waals surface area contributed by atoms with E-state index in [0.717, 1.165) is 41.8 Å². The van der Waals surface area contributed by atoms with Crippen molar-refractivity contribution in [2.75, 3.05) is 37.8 Å². The van der Waals surface area contributed by atoms with Crippen LogP contribution in [0.2, 0.25) is 0 Å². The lowest BCUT2D eigenvalue weighted by atomic mass is 9.87. The Hall–Kier alpha value is -2.70. The van der Waals surface area contributed by atoms with Crippen LogP contribution in [0.3, 0.4) is 0 Å². The topological polar surface area (TPSA) is 375 Å². The SMILES string of the molecule is CCC/C=C(\CC)C(=O)SCCNC(=O)CCNC(=O)[C@H](O)C(C)(C)COP(=O)([O-])OP(=O)([O-])OC[C@H]1O[C@@H](n2cnc3c(N)ncnc32)[C@H](O)[C@@H]1OP(=O)([O-])[O-]. The lowest BCUT2D eigenvalue weighted by Crippen LogP contribution is -2.46. The van der Waals surface area contributed by atoms with E-state index in [1.165, 1.54) is 13.8 Å². The number of aliphatic hydroxyl groups excluding tert-OH is 2. The van der Waals surface area contributed by atoms with Gasteiger partial charge in [-0.15, -0.1) is 0 Å². The maximum absolute atomic E-state index is 12.6. The summed E-state index contributed by atoms with van der Waals surface area (Å²) in [7, 11) is -17.6. The maximum atomic E-state index is 12.6. The summed E-state index contributed by atoms with van der Waals surface area (Å²) in [6.45, 7) is 3.99. The number of thioether (sulfide) groups is 1. The molecule has 6 N–H and O–H groups in total. The lowest BCUT2D eigenvalue weighted by molar-refractivity contribution is -0.347. The number of phosphoric acid groups is 3. The van der Waals surface area contributed by atoms with Crippen molar-refractivity contribution >= 4 is 69.1 Å². The average molecular weight is 888 g/mol. The molecule has 1 aliphatic heterocycles. The molecule has 1 fully saturated rings. The number of aromatic nitrogens is 4. The number of nitrogens with two attached hydrogens (primary N) is 1. The summed E-state index contributed by atoms with van der Waals surface area (Å²) in [6, 6.07) is 0. The minimum absolute atomic E-state index is 0.0210. The molecule has 2 amide bonds. The van der Waals surface area contributed by atoms with Crippen LogP contribution in [-0.2, 0) is 50.7 Å². The molecular formula is C29H44N7O17P3S-4. The Morgan fingerprint density at radius 3 is 2.42 bits per heavy atom. The molecule has 28 heteroatoms. The number of ether oxygens (including phenoxy) is 1. The Morgan fingerprint density at radius 2 is 1.77 bits per heavy atom. The van der Waals surface area contributed by atoms with Crippen molar-refractivity contribution in [3.63, 3.8) is 0 Å². The number of hydrogen-bond acceptors (Lipinski definition) is 22. The van der Waals surface area contributed by atoms with Gasteiger partial charge in [-0.1, -0.05) is 52.0 Å². The summed E-state index contributed by atoms with van der Waals surface area (Å²) in [6.07, 6.45) is -3.38. The van der Waals surface area contributed by atoms with Crippen LogP contribution in [0.1, 0.15) is 59.6 Å². The number of imidazole rings is 1. The molecule has 0 bridgehead atoms. The van der Waals surface area contributed by atoms with E-state index in [9.17, 15) is 57.9 Å². The van der Waals surface area contributed by atoms with Crippen LogP contribution in [0, 0.1) is 5.41 Å². The van der Waals surface area contributed by atoms with Gasteiger partial charge in [0.25, 0.3) is 15.6 Å². The molecule has 322 valence electrons. The number of rotatable bonds is 23. The van der Waals surface area contributed by atoms with Crippen LogP contribution in [-0.4, -0.2) is 103 Å². The zero-order valence-electron chi connectivity index (χ0n) is 31.1. The van der Waals surface area contributed by atoms with Gasteiger partial charge in [0.05, 0.1) is 27.4 Å². The summed E-state index contributed by atoms with van der Waals surface area (Å²) >= 11 is 1.07. The zero-order valence-corrected chi connectivity index (χ0v) is 34.6. The van der Waals surface area contributed by atoms with Crippen LogP contribution < -0.4 is 35.9 Å². The van der Waals surface area contributed by atoms with Gasteiger partial charge in [0.2, 0.25) is 16.9 Å². The molecule has 1 saturated heterocycles. The van der Waals surface area contributed by atoms with Crippen molar-refractivity contribution in [3.05, 3.63) is 24.3 Å². The molecule has 0 saturated carbocycles. The Bertz CT molecular complexity index is 1900. The molecule has 24 nitrogen and oxygen atoms in total. The number of carbonyl (C=O) groups excluding carboxylic acids is 3. The summed E-state index contributed by atoms with van der Waals surface area (Å²) in [4.78, 5) is 96.4. The van der Waals surface area contributed by atoms with E-state index in [4.69, 9.17) is 10.5 Å². The second-order valence-corrected chi connectivity index (χ2v) is 18.1. The standard InChI is InChI=1S/C29H48N7O17P3S/c1-5-7-8-17(6-2)28(41)57-12-11-31-19(37)9-10-32-26(40)23(39)29(3,4)14-50-56(47,48)53-55(45,46)49-13-18-22(52-54(42,43)44)21(38)27(51-18)36-16-35-20-24(30)33-15-34-25(20)36/h8,15-16,18,21-23,27,38-39H,5-7,9-14H2,1-4H3,(H,31,37)(H,32,40)(H,45,46)(H,47,48)(H2,30,33,34)(H2,42,43,44)/p-4/b17-8+/t18-,21-,22-,23+,27-/m1/s1. The third kappa shape index (κ3) is 14.8. The van der Waals surface area contributed by atoms with Crippen molar-refractivity contribution in [3.8, 4) is 0 Å². The number of carbonyl (C=O) groups is 3. The fourth-order valence-corrected chi connectivity index (χ4v) is 8.57. The molecule has 2 unspecified atom stereocenters. The molecule has 0 aromatic carbocycles. The van der Waals surface area contributed by atoms with Gasteiger partial charge in [-0.2, -0.15) is 0 Å². The fourth-order valence-electron chi connectivity index (χ4n) is 5.03. The second kappa shape index (κ2) is 21.0. The molecule has 3 heterocycles. The summed E-state index contributed by atoms with van der Waals surface area (Å²) < 4.78 is 60.5. The Kier molecular flexibility index (Phi) is 17.9. The van der Waals surface area contributed by atoms with E-state index >= 15 is 0 Å². The molecule has 57 heavy (non-hydrogen) atoms. The highest BCUT2D eigenvalue weighted by Gasteiger charge is 2.47. The third-order valence-electron chi connectivity index (χ3n) is 8.03. The number of nitrogens with one attached hydrogen (secondary N) is 2. The normalized spacial score (nSPS) is 21.8. The third-order valence-corrected chi connectivity index (χ3v) is 12.0. The lowest BCUT2D eigenvalue weighted by Gasteiger charge is -2.36. The molecule has 0 radical (unpaired) electrons. The van der Waals surface area contributed by atoms with E-state index in [-0.39, 0.29) is 41.6 Å². The van der Waals surface area contributed by atoms with Crippen molar-refractivity contribution in [2.24, 2.45) is 5.41 Å². The highest BCUT2D eigenvalue weighted by atomic mass is 32.2. The van der Waals surface area contributed by atoms with Gasteiger partial charge in [0.1, 0.15) is 36.3 Å². The number of allylic oxidation sites excluding steroid dienone is 1. The number of aliphatic hydroxyl groups is 2. The Labute approximate surface area is 330 Å². The summed E-state index contributed by atoms with van der Waals surface area (Å²) in [5, 5.41) is 26.2. The minimum atomic E-state index is -5.91. The van der Waals surface area contributed by atoms with Crippen LogP contribution >= 0.6 is 35.2 Å². The van der Waals surface area contributed by atoms with E-state index in [0.29, 0.717) is 17.7 Å². The first-order valence-corrected chi connectivity index (χ1v) is 22.6. The van der Waals surface area contributed by atoms with Crippen molar-refractivity contribution in [1.29, 1.82) is 0 Å². The van der Waals surface area contributed by atoms with Gasteiger partial charge in [0.15, 0.2) is 17.7 Å². The first-order chi connectivity index (χ1) is 26.5. The van der Waals surface area contributed by atoms with Gasteiger partial charge in [-0.05, 0) is 12.8 Å². The predicted molar refractivity (Wildman–Crippen MR) is 192 cm³/mol. The van der Waals surface area contributed by atoms with Crippen molar-refractivity contribution in [2.45, 2.75) is 84.0 Å². The van der Waals surface area contributed by atoms with Crippen LogP contribution in [0.4, 0.5) is 5.82 Å². The predicted octanol–water partition coefficient (Wildman–Crippen LogP) is -1.73. The number of hydrogen-bond donors (Lipinski definition) is 5. The highest BCUT2D eigenvalue weighted by molar-refractivity contribution is 8.14. The Morgan fingerprint density at radius 1 is 1.09 bits per heavy atom. The number of nitrogen functional groups attached to an aromatic ring is 1. The smallest absolute Gasteiger partial charge is 0.274 e. The molecule has 0 spiro atoms. The molecule has 2 aromatic heterocycles. The number of anilines is 1. The first-order valence-electron chi connectivity index (χ1n) is 17.2. The molecule has 2 aromatic rings. The maximum Gasteiger partial charge on any atom is 0.274 e. The number of unbranched alkanes of at least 4 members (excludes halogenated alkanes) is 1. The van der Waals surface area contributed by atoms with Crippen molar-refractivity contribution in [1.82, 2.24) is 30.2 Å². The van der Waals surface area contributed by atoms with E-state index < -0.39 is 84.6 Å². The van der Waals surface area contributed by atoms with E-state index in [1.54, 1.807) is 0 Å². The van der Waals surface area contributed by atoms with Crippen molar-refractivity contribution < 1.29 is 80.5 Å². The Balaban J connectivity index is 1.48. The molecular weight excluding hydrogens is 843 g/mol. The summed E-state index contributed by atoms with van der Waals surface area (Å²) in [5.41, 5.74) is 4.78. The number of amides is 2. The summed E-state index contributed by atoms with van der Waals surface area (Å²) in [5.74, 6) is -1.21. The van der Waals surface area contributed by atoms with Gasteiger partial charge >= 0.3 is 0 Å². The number of phosphoric ester groups is 3. The largest absolute Gasteiger partial charge is 0.790 e. The van der Waals surface area contributed by atoms with Gasteiger partial charge in [-0.25, -0.2) is 19.3 Å². The number of nitrogens with zero attached hydrogens (tertiary/aromatic N) is 4. The monoisotopic (exact) mass is 887 g/mol.